The van der Waals surface area contributed by atoms with Crippen LogP contribution in [0.4, 0.5) is 0 Å². The normalized spacial score (nSPS) is 11.3. The van der Waals surface area contributed by atoms with Gasteiger partial charge in [-0.2, -0.15) is 0 Å². The number of hydrogen-bond donors (Lipinski definition) is 0. The van der Waals surface area contributed by atoms with Gasteiger partial charge in [0.05, 0.1) is 11.4 Å². The number of fused-ring (bicyclic) bond motifs is 3. The van der Waals surface area contributed by atoms with E-state index < -0.39 is 0 Å². The molecule has 5 aromatic carbocycles. The van der Waals surface area contributed by atoms with Crippen LogP contribution in [0, 0.1) is 0 Å². The van der Waals surface area contributed by atoms with Crippen LogP contribution in [0.1, 0.15) is 0 Å². The Morgan fingerprint density at radius 1 is 0.476 bits per heavy atom. The van der Waals surface area contributed by atoms with Crippen LogP contribution in [-0.4, -0.2) is 49.2 Å². The van der Waals surface area contributed by atoms with Crippen LogP contribution in [-0.2, 0) is 0 Å². The molecule has 8 heteroatoms. The third kappa shape index (κ3) is 4.42. The summed E-state index contributed by atoms with van der Waals surface area (Å²) in [5.74, 6) is 0.667. The molecule has 0 aliphatic carbocycles. The third-order valence-corrected chi connectivity index (χ3v) is 8.79. The minimum absolute atomic E-state index is 0.203. The summed E-state index contributed by atoms with van der Waals surface area (Å²) in [5, 5.41) is 2.22. The zero-order valence-corrected chi connectivity index (χ0v) is 23.3. The molecule has 184 valence electrons. The van der Waals surface area contributed by atoms with Gasteiger partial charge >= 0.3 is 0 Å². The first-order chi connectivity index (χ1) is 20.4. The summed E-state index contributed by atoms with van der Waals surface area (Å²) in [6.45, 7) is 0. The predicted molar refractivity (Wildman–Crippen MR) is 184 cm³/mol. The van der Waals surface area contributed by atoms with Crippen LogP contribution in [0.25, 0.3) is 65.2 Å². The van der Waals surface area contributed by atoms with Crippen molar-refractivity contribution in [3.05, 3.63) is 103 Å². The second-order valence-corrected chi connectivity index (χ2v) is 11.2. The summed E-state index contributed by atoms with van der Waals surface area (Å²) >= 11 is 1.67. The molecule has 0 bridgehead atoms. The Hall–Kier alpha value is -4.28. The van der Waals surface area contributed by atoms with E-state index in [0.717, 1.165) is 53.8 Å². The summed E-state index contributed by atoms with van der Waals surface area (Å²) < 4.78 is 2.15. The van der Waals surface area contributed by atoms with Crippen molar-refractivity contribution in [1.82, 2.24) is 9.97 Å². The second-order valence-electron chi connectivity index (χ2n) is 10.1. The van der Waals surface area contributed by atoms with Crippen LogP contribution in [0.15, 0.2) is 103 Å². The summed E-state index contributed by atoms with van der Waals surface area (Å²) in [5.41, 5.74) is 7.48. The molecule has 7 aromatic rings. The van der Waals surface area contributed by atoms with Gasteiger partial charge in [0.1, 0.15) is 39.2 Å². The van der Waals surface area contributed by atoms with E-state index in [1.807, 2.05) is 48.5 Å². The fraction of sp³-hybridized carbons (Fsp3) is 0. The van der Waals surface area contributed by atoms with Crippen LogP contribution in [0.2, 0.25) is 0 Å². The summed E-state index contributed by atoms with van der Waals surface area (Å²) in [4.78, 5) is 10.1. The van der Waals surface area contributed by atoms with E-state index in [0.29, 0.717) is 22.3 Å². The summed E-state index contributed by atoms with van der Waals surface area (Å²) in [6.07, 6.45) is 0. The molecule has 0 amide bonds. The SMILES string of the molecule is [B]c1c([B])c([B])c(-c2ccc3c(c2)sc2c(-c4nc(-c5ccccc5)cc(-c5ccccc5)n4)cccc23)c([B])c1[B]. The van der Waals surface area contributed by atoms with Crippen molar-refractivity contribution in [1.29, 1.82) is 0 Å². The molecule has 0 aliphatic heterocycles. The molecule has 0 N–H and O–H groups in total. The van der Waals surface area contributed by atoms with Gasteiger partial charge in [-0.3, -0.25) is 0 Å². The van der Waals surface area contributed by atoms with Gasteiger partial charge in [-0.15, -0.1) is 27.7 Å². The fourth-order valence-electron chi connectivity index (χ4n) is 5.37. The topological polar surface area (TPSA) is 25.8 Å². The van der Waals surface area contributed by atoms with Crippen LogP contribution >= 0.6 is 11.3 Å². The molecule has 0 spiro atoms. The lowest BCUT2D eigenvalue weighted by atomic mass is 9.59. The molecule has 42 heavy (non-hydrogen) atoms. The Balaban J connectivity index is 1.44. The van der Waals surface area contributed by atoms with E-state index in [4.69, 9.17) is 49.2 Å². The second kappa shape index (κ2) is 10.5. The van der Waals surface area contributed by atoms with Crippen LogP contribution in [0.5, 0.6) is 0 Å². The largest absolute Gasteiger partial charge is 0.228 e. The van der Waals surface area contributed by atoms with Crippen molar-refractivity contribution in [2.75, 3.05) is 0 Å². The van der Waals surface area contributed by atoms with E-state index >= 15 is 0 Å². The molecule has 0 saturated heterocycles. The Bertz CT molecular complexity index is 2060. The molecule has 10 radical (unpaired) electrons. The minimum Gasteiger partial charge on any atom is -0.228 e. The van der Waals surface area contributed by atoms with Gasteiger partial charge in [-0.1, -0.05) is 95.9 Å². The Morgan fingerprint density at radius 2 is 1.05 bits per heavy atom. The Morgan fingerprint density at radius 3 is 1.64 bits per heavy atom. The van der Waals surface area contributed by atoms with Crippen molar-refractivity contribution < 1.29 is 0 Å². The van der Waals surface area contributed by atoms with E-state index in [2.05, 4.69) is 54.6 Å². The van der Waals surface area contributed by atoms with Crippen molar-refractivity contribution in [3.63, 3.8) is 0 Å². The quantitative estimate of drug-likeness (QED) is 0.320. The lowest BCUT2D eigenvalue weighted by molar-refractivity contribution is 1.19. The number of aromatic nitrogens is 2. The smallest absolute Gasteiger partial charge is 0.161 e. The standard InChI is InChI=1S/C34H17B5N2S/c35-28-27(29(36)31(38)32(39)30(28)37)20-14-15-21-22-12-7-13-23(33(22)42-26(21)16-20)34-40-24(18-8-3-1-4-9-18)17-25(41-34)19-10-5-2-6-11-19/h1-17H. The summed E-state index contributed by atoms with van der Waals surface area (Å²) in [7, 11) is 31.1. The molecule has 0 aliphatic rings. The molecular formula is C34H17B5N2S. The highest BCUT2D eigenvalue weighted by Gasteiger charge is 2.17. The maximum absolute atomic E-state index is 6.38. The van der Waals surface area contributed by atoms with Crippen molar-refractivity contribution in [2.45, 2.75) is 0 Å². The van der Waals surface area contributed by atoms with Gasteiger partial charge in [-0.25, -0.2) is 9.97 Å². The first kappa shape index (κ1) is 26.6. The molecule has 0 atom stereocenters. The number of benzene rings is 5. The average Bonchev–Trinajstić information content (AvgIpc) is 3.42. The maximum atomic E-state index is 6.38. The first-order valence-electron chi connectivity index (χ1n) is 13.4. The van der Waals surface area contributed by atoms with Crippen LogP contribution < -0.4 is 27.3 Å². The molecule has 2 nitrogen and oxygen atoms in total. The molecule has 7 rings (SSSR count). The molecular weight excluding hydrogens is 523 g/mol. The van der Waals surface area contributed by atoms with E-state index in [1.54, 1.807) is 11.3 Å². The highest BCUT2D eigenvalue weighted by molar-refractivity contribution is 7.26. The van der Waals surface area contributed by atoms with Gasteiger partial charge < -0.3 is 0 Å². The molecule has 2 aromatic heterocycles. The summed E-state index contributed by atoms with van der Waals surface area (Å²) in [6, 6.07) is 34.8. The Kier molecular flexibility index (Phi) is 6.67. The lowest BCUT2D eigenvalue weighted by Gasteiger charge is -2.21. The van der Waals surface area contributed by atoms with Gasteiger partial charge in [0.15, 0.2) is 5.82 Å². The Labute approximate surface area is 255 Å². The average molecular weight is 540 g/mol. The lowest BCUT2D eigenvalue weighted by Crippen LogP contribution is -2.55. The van der Waals surface area contributed by atoms with Crippen molar-refractivity contribution in [2.24, 2.45) is 0 Å². The third-order valence-electron chi connectivity index (χ3n) is 7.59. The van der Waals surface area contributed by atoms with Gasteiger partial charge in [0, 0.05) is 36.9 Å². The van der Waals surface area contributed by atoms with E-state index in [-0.39, 0.29) is 16.4 Å². The van der Waals surface area contributed by atoms with Gasteiger partial charge in [0.2, 0.25) is 0 Å². The highest BCUT2D eigenvalue weighted by atomic mass is 32.1. The number of nitrogens with zero attached hydrogens (tertiary/aromatic N) is 2. The van der Waals surface area contributed by atoms with Crippen LogP contribution in [0.3, 0.4) is 0 Å². The zero-order valence-electron chi connectivity index (χ0n) is 22.5. The molecule has 0 saturated carbocycles. The highest BCUT2D eigenvalue weighted by Crippen LogP contribution is 2.41. The van der Waals surface area contributed by atoms with E-state index in [1.165, 1.54) is 0 Å². The van der Waals surface area contributed by atoms with Crippen molar-refractivity contribution >= 4 is 98.1 Å². The maximum Gasteiger partial charge on any atom is 0.161 e. The van der Waals surface area contributed by atoms with Gasteiger partial charge in [-0.05, 0) is 29.3 Å². The molecule has 2 heterocycles. The monoisotopic (exact) mass is 540 g/mol. The van der Waals surface area contributed by atoms with Gasteiger partial charge in [0.25, 0.3) is 0 Å². The molecule has 0 fully saturated rings. The first-order valence-corrected chi connectivity index (χ1v) is 14.2. The molecule has 0 unspecified atom stereocenters. The van der Waals surface area contributed by atoms with Crippen molar-refractivity contribution in [3.8, 4) is 45.0 Å². The predicted octanol–water partition coefficient (Wildman–Crippen LogP) is 3.48. The minimum atomic E-state index is 0.203. The zero-order chi connectivity index (χ0) is 29.0. The number of rotatable bonds is 4. The fourth-order valence-corrected chi connectivity index (χ4v) is 6.62. The van der Waals surface area contributed by atoms with E-state index in [9.17, 15) is 0 Å². The number of thiophene rings is 1. The number of hydrogen-bond acceptors (Lipinski definition) is 3.